The third kappa shape index (κ3) is 3.46. The molecule has 1 N–H and O–H groups in total. The lowest BCUT2D eigenvalue weighted by Gasteiger charge is -2.09. The van der Waals surface area contributed by atoms with Crippen LogP contribution in [0.2, 0.25) is 0 Å². The SMILES string of the molecule is CCOC(=O)c1c(Nc2cccc(Br)c2)n(-c2nc3ccccc3s2)oc1=O. The highest BCUT2D eigenvalue weighted by atomic mass is 79.9. The summed E-state index contributed by atoms with van der Waals surface area (Å²) in [5.41, 5.74) is 0.428. The molecule has 0 aliphatic rings. The maximum Gasteiger partial charge on any atom is 0.375 e. The first-order valence-electron chi connectivity index (χ1n) is 8.39. The number of aromatic nitrogens is 2. The summed E-state index contributed by atoms with van der Waals surface area (Å²) in [5, 5.41) is 3.51. The number of fused-ring (bicyclic) bond motifs is 1. The van der Waals surface area contributed by atoms with Gasteiger partial charge in [0.15, 0.2) is 11.4 Å². The summed E-state index contributed by atoms with van der Waals surface area (Å²) < 4.78 is 13.4. The maximum absolute atomic E-state index is 12.5. The second-order valence-corrected chi connectivity index (χ2v) is 7.64. The molecule has 0 aliphatic heterocycles. The van der Waals surface area contributed by atoms with Crippen LogP contribution >= 0.6 is 27.3 Å². The summed E-state index contributed by atoms with van der Waals surface area (Å²) in [5.74, 6) is -0.589. The number of nitrogens with zero attached hydrogens (tertiary/aromatic N) is 2. The highest BCUT2D eigenvalue weighted by Gasteiger charge is 2.27. The lowest BCUT2D eigenvalue weighted by molar-refractivity contribution is 0.0524. The van der Waals surface area contributed by atoms with Crippen molar-refractivity contribution in [3.63, 3.8) is 0 Å². The van der Waals surface area contributed by atoms with Crippen molar-refractivity contribution in [3.8, 4) is 5.13 Å². The molecule has 4 rings (SSSR count). The number of esters is 1. The van der Waals surface area contributed by atoms with Gasteiger partial charge in [-0.3, -0.25) is 0 Å². The number of ether oxygens (including phenoxy) is 1. The zero-order valence-electron chi connectivity index (χ0n) is 14.6. The van der Waals surface area contributed by atoms with Crippen LogP contribution in [-0.2, 0) is 4.74 Å². The molecule has 0 aliphatic carbocycles. The molecule has 7 nitrogen and oxygen atoms in total. The van der Waals surface area contributed by atoms with Gasteiger partial charge in [-0.1, -0.05) is 45.5 Å². The summed E-state index contributed by atoms with van der Waals surface area (Å²) in [7, 11) is 0. The van der Waals surface area contributed by atoms with Gasteiger partial charge in [0.2, 0.25) is 5.13 Å². The molecular formula is C19H14BrN3O4S. The van der Waals surface area contributed by atoms with Crippen molar-refractivity contribution < 1.29 is 14.1 Å². The molecule has 0 spiro atoms. The van der Waals surface area contributed by atoms with E-state index in [-0.39, 0.29) is 18.0 Å². The first-order valence-corrected chi connectivity index (χ1v) is 9.99. The Balaban J connectivity index is 1.89. The number of rotatable bonds is 5. The number of carbonyl (C=O) groups is 1. The molecule has 0 unspecified atom stereocenters. The van der Waals surface area contributed by atoms with E-state index in [1.165, 1.54) is 16.1 Å². The number of hydrogen-bond acceptors (Lipinski definition) is 7. The molecule has 2 aromatic carbocycles. The molecule has 0 radical (unpaired) electrons. The molecular weight excluding hydrogens is 446 g/mol. The van der Waals surface area contributed by atoms with Gasteiger partial charge in [-0.2, -0.15) is 0 Å². The van der Waals surface area contributed by atoms with Gasteiger partial charge in [-0.15, -0.1) is 4.74 Å². The van der Waals surface area contributed by atoms with Crippen LogP contribution in [0.5, 0.6) is 0 Å². The van der Waals surface area contributed by atoms with Crippen LogP contribution < -0.4 is 10.9 Å². The van der Waals surface area contributed by atoms with E-state index in [1.807, 2.05) is 42.5 Å². The zero-order chi connectivity index (χ0) is 19.7. The molecule has 0 atom stereocenters. The zero-order valence-corrected chi connectivity index (χ0v) is 17.0. The molecule has 2 heterocycles. The number of hydrogen-bond donors (Lipinski definition) is 1. The average molecular weight is 460 g/mol. The van der Waals surface area contributed by atoms with E-state index in [9.17, 15) is 9.59 Å². The smallest absolute Gasteiger partial charge is 0.375 e. The van der Waals surface area contributed by atoms with Gasteiger partial charge >= 0.3 is 11.6 Å². The van der Waals surface area contributed by atoms with Crippen LogP contribution in [0, 0.1) is 0 Å². The molecule has 0 amide bonds. The Morgan fingerprint density at radius 1 is 1.29 bits per heavy atom. The molecule has 2 aromatic heterocycles. The molecule has 142 valence electrons. The lowest BCUT2D eigenvalue weighted by Crippen LogP contribution is -2.15. The molecule has 4 aromatic rings. The van der Waals surface area contributed by atoms with Crippen molar-refractivity contribution >= 4 is 55.0 Å². The van der Waals surface area contributed by atoms with Crippen molar-refractivity contribution in [2.75, 3.05) is 11.9 Å². The first kappa shape index (κ1) is 18.5. The highest BCUT2D eigenvalue weighted by Crippen LogP contribution is 2.30. The standard InChI is InChI=1S/C19H14BrN3O4S/c1-2-26-17(24)15-16(21-12-7-5-6-11(20)10-12)23(27-18(15)25)19-22-13-8-3-4-9-14(13)28-19/h3-10,21H,2H2,1H3. The molecule has 9 heteroatoms. The predicted molar refractivity (Wildman–Crippen MR) is 111 cm³/mol. The minimum Gasteiger partial charge on any atom is -0.462 e. The monoisotopic (exact) mass is 459 g/mol. The van der Waals surface area contributed by atoms with E-state index in [4.69, 9.17) is 9.26 Å². The number of para-hydroxylation sites is 1. The van der Waals surface area contributed by atoms with Crippen molar-refractivity contribution in [3.05, 3.63) is 69.0 Å². The van der Waals surface area contributed by atoms with Gasteiger partial charge in [-0.05, 0) is 37.3 Å². The fraction of sp³-hybridized carbons (Fsp3) is 0.105. The minimum atomic E-state index is -0.796. The van der Waals surface area contributed by atoms with Crippen molar-refractivity contribution in [1.82, 2.24) is 9.72 Å². The number of nitrogens with one attached hydrogen (secondary N) is 1. The van der Waals surface area contributed by atoms with E-state index < -0.39 is 11.6 Å². The Morgan fingerprint density at radius 3 is 2.86 bits per heavy atom. The Labute approximate surface area is 171 Å². The molecule has 0 saturated heterocycles. The van der Waals surface area contributed by atoms with Crippen molar-refractivity contribution in [2.24, 2.45) is 0 Å². The van der Waals surface area contributed by atoms with Gasteiger partial charge in [-0.25, -0.2) is 14.6 Å². The van der Waals surface area contributed by atoms with Crippen LogP contribution in [-0.4, -0.2) is 22.3 Å². The Hall–Kier alpha value is -2.91. The fourth-order valence-corrected chi connectivity index (χ4v) is 3.97. The number of anilines is 2. The minimum absolute atomic E-state index is 0.140. The summed E-state index contributed by atoms with van der Waals surface area (Å²) in [6, 6.07) is 14.9. The summed E-state index contributed by atoms with van der Waals surface area (Å²) in [6.07, 6.45) is 0. The first-order chi connectivity index (χ1) is 13.6. The van der Waals surface area contributed by atoms with E-state index in [2.05, 4.69) is 26.2 Å². The van der Waals surface area contributed by atoms with Crippen LogP contribution in [0.3, 0.4) is 0 Å². The number of carbonyl (C=O) groups excluding carboxylic acids is 1. The van der Waals surface area contributed by atoms with Crippen LogP contribution in [0.15, 0.2) is 62.3 Å². The summed E-state index contributed by atoms with van der Waals surface area (Å²) >= 11 is 4.75. The largest absolute Gasteiger partial charge is 0.462 e. The van der Waals surface area contributed by atoms with E-state index >= 15 is 0 Å². The van der Waals surface area contributed by atoms with Crippen LogP contribution in [0.4, 0.5) is 11.5 Å². The third-order valence-electron chi connectivity index (χ3n) is 3.84. The Kier molecular flexibility index (Phi) is 5.01. The Bertz CT molecular complexity index is 1190. The third-order valence-corrected chi connectivity index (χ3v) is 5.34. The van der Waals surface area contributed by atoms with Gasteiger partial charge in [0.25, 0.3) is 0 Å². The molecule has 0 fully saturated rings. The number of thiazole rings is 1. The van der Waals surface area contributed by atoms with Crippen molar-refractivity contribution in [2.45, 2.75) is 6.92 Å². The van der Waals surface area contributed by atoms with Crippen molar-refractivity contribution in [1.29, 1.82) is 0 Å². The second-order valence-electron chi connectivity index (χ2n) is 5.72. The quantitative estimate of drug-likeness (QED) is 0.434. The van der Waals surface area contributed by atoms with E-state index in [0.717, 1.165) is 14.7 Å². The fourth-order valence-electron chi connectivity index (χ4n) is 2.65. The predicted octanol–water partition coefficient (Wildman–Crippen LogP) is 4.72. The number of benzene rings is 2. The maximum atomic E-state index is 12.5. The average Bonchev–Trinajstić information content (AvgIpc) is 3.23. The second kappa shape index (κ2) is 7.61. The molecule has 28 heavy (non-hydrogen) atoms. The topological polar surface area (TPSA) is 86.4 Å². The summed E-state index contributed by atoms with van der Waals surface area (Å²) in [6.45, 7) is 1.81. The van der Waals surface area contributed by atoms with Crippen LogP contribution in [0.1, 0.15) is 17.3 Å². The normalized spacial score (nSPS) is 10.9. The van der Waals surface area contributed by atoms with Crippen LogP contribution in [0.25, 0.3) is 15.3 Å². The summed E-state index contributed by atoms with van der Waals surface area (Å²) in [4.78, 5) is 29.4. The van der Waals surface area contributed by atoms with Gasteiger partial charge in [0, 0.05) is 10.2 Å². The highest BCUT2D eigenvalue weighted by molar-refractivity contribution is 9.10. The molecule has 0 saturated carbocycles. The van der Waals surface area contributed by atoms with Gasteiger partial charge < -0.3 is 14.6 Å². The lowest BCUT2D eigenvalue weighted by atomic mass is 10.3. The van der Waals surface area contributed by atoms with E-state index in [1.54, 1.807) is 13.0 Å². The number of halogens is 1. The van der Waals surface area contributed by atoms with Gasteiger partial charge in [0.05, 0.1) is 16.8 Å². The molecule has 0 bridgehead atoms. The Morgan fingerprint density at radius 2 is 2.11 bits per heavy atom. The van der Waals surface area contributed by atoms with Gasteiger partial charge in [0.1, 0.15) is 0 Å². The van der Waals surface area contributed by atoms with E-state index in [0.29, 0.717) is 10.8 Å².